The van der Waals surface area contributed by atoms with E-state index in [9.17, 15) is 14.7 Å². The van der Waals surface area contributed by atoms with E-state index in [1.54, 1.807) is 42.5 Å². The van der Waals surface area contributed by atoms with Crippen LogP contribution in [0.2, 0.25) is 15.1 Å². The summed E-state index contributed by atoms with van der Waals surface area (Å²) in [5, 5.41) is 12.2. The highest BCUT2D eigenvalue weighted by molar-refractivity contribution is 6.47. The van der Waals surface area contributed by atoms with Gasteiger partial charge in [0.05, 0.1) is 17.7 Å². The fraction of sp³-hybridized carbons (Fsp3) is 0.273. The SMILES string of the molecule is O=C1C(=O)N(C[C@@H]2CCCO2)[C@H](c2ccc(Cl)cc2Cl)C1=C(O)c1ccc(Cl)cc1. The molecule has 0 aromatic heterocycles. The van der Waals surface area contributed by atoms with Crippen molar-refractivity contribution in [3.05, 3.63) is 74.2 Å². The van der Waals surface area contributed by atoms with Crippen LogP contribution in [-0.2, 0) is 14.3 Å². The van der Waals surface area contributed by atoms with Gasteiger partial charge in [0.2, 0.25) is 0 Å². The average molecular weight is 467 g/mol. The molecule has 1 amide bonds. The van der Waals surface area contributed by atoms with E-state index in [2.05, 4.69) is 0 Å². The fourth-order valence-electron chi connectivity index (χ4n) is 3.89. The lowest BCUT2D eigenvalue weighted by atomic mass is 9.95. The van der Waals surface area contributed by atoms with E-state index in [-0.39, 0.29) is 24.0 Å². The average Bonchev–Trinajstić information content (AvgIpc) is 3.31. The van der Waals surface area contributed by atoms with Crippen LogP contribution in [0.5, 0.6) is 0 Å². The number of carbonyl (C=O) groups is 2. The second-order valence-corrected chi connectivity index (χ2v) is 8.54. The van der Waals surface area contributed by atoms with Crippen molar-refractivity contribution in [1.29, 1.82) is 0 Å². The Morgan fingerprint density at radius 1 is 1.07 bits per heavy atom. The van der Waals surface area contributed by atoms with Crippen LogP contribution in [0.15, 0.2) is 48.0 Å². The van der Waals surface area contributed by atoms with Crippen molar-refractivity contribution in [1.82, 2.24) is 4.90 Å². The molecule has 156 valence electrons. The molecule has 2 fully saturated rings. The Kier molecular flexibility index (Phi) is 6.07. The van der Waals surface area contributed by atoms with Gasteiger partial charge >= 0.3 is 0 Å². The van der Waals surface area contributed by atoms with Crippen LogP contribution >= 0.6 is 34.8 Å². The molecule has 0 spiro atoms. The van der Waals surface area contributed by atoms with Gasteiger partial charge in [0.15, 0.2) is 0 Å². The van der Waals surface area contributed by atoms with Crippen LogP contribution in [0, 0.1) is 0 Å². The molecule has 0 unspecified atom stereocenters. The monoisotopic (exact) mass is 465 g/mol. The summed E-state index contributed by atoms with van der Waals surface area (Å²) in [4.78, 5) is 27.4. The lowest BCUT2D eigenvalue weighted by molar-refractivity contribution is -0.140. The topological polar surface area (TPSA) is 66.8 Å². The van der Waals surface area contributed by atoms with Crippen molar-refractivity contribution in [3.8, 4) is 0 Å². The Hall–Kier alpha value is -2.05. The lowest BCUT2D eigenvalue weighted by Crippen LogP contribution is -2.36. The largest absolute Gasteiger partial charge is 0.507 e. The number of carbonyl (C=O) groups excluding carboxylic acids is 2. The van der Waals surface area contributed by atoms with Gasteiger partial charge < -0.3 is 14.7 Å². The third-order valence-corrected chi connectivity index (χ3v) is 6.15. The van der Waals surface area contributed by atoms with Gasteiger partial charge in [0.1, 0.15) is 5.76 Å². The molecule has 0 saturated carbocycles. The van der Waals surface area contributed by atoms with E-state index in [0.717, 1.165) is 12.8 Å². The maximum Gasteiger partial charge on any atom is 0.295 e. The lowest BCUT2D eigenvalue weighted by Gasteiger charge is -2.28. The number of hydrogen-bond acceptors (Lipinski definition) is 4. The van der Waals surface area contributed by atoms with Gasteiger partial charge in [0, 0.05) is 33.8 Å². The van der Waals surface area contributed by atoms with Crippen molar-refractivity contribution in [2.75, 3.05) is 13.2 Å². The van der Waals surface area contributed by atoms with Crippen molar-refractivity contribution in [3.63, 3.8) is 0 Å². The molecule has 30 heavy (non-hydrogen) atoms. The first kappa shape index (κ1) is 21.2. The van der Waals surface area contributed by atoms with Gasteiger partial charge in [0.25, 0.3) is 11.7 Å². The van der Waals surface area contributed by atoms with E-state index in [1.165, 1.54) is 4.90 Å². The number of likely N-dealkylation sites (tertiary alicyclic amines) is 1. The van der Waals surface area contributed by atoms with E-state index < -0.39 is 17.7 Å². The molecule has 0 radical (unpaired) electrons. The van der Waals surface area contributed by atoms with E-state index in [4.69, 9.17) is 39.5 Å². The van der Waals surface area contributed by atoms with Crippen molar-refractivity contribution >= 4 is 52.3 Å². The first-order chi connectivity index (χ1) is 14.4. The number of rotatable bonds is 4. The molecule has 0 bridgehead atoms. The van der Waals surface area contributed by atoms with Crippen LogP contribution in [0.3, 0.4) is 0 Å². The van der Waals surface area contributed by atoms with Gasteiger partial charge in [-0.2, -0.15) is 0 Å². The van der Waals surface area contributed by atoms with Crippen LogP contribution in [0.25, 0.3) is 5.76 Å². The van der Waals surface area contributed by atoms with Crippen LogP contribution in [-0.4, -0.2) is 41.0 Å². The molecule has 2 aliphatic rings. The third-order valence-electron chi connectivity index (χ3n) is 5.34. The van der Waals surface area contributed by atoms with Crippen molar-refractivity contribution in [2.24, 2.45) is 0 Å². The predicted molar refractivity (Wildman–Crippen MR) is 116 cm³/mol. The quantitative estimate of drug-likeness (QED) is 0.380. The van der Waals surface area contributed by atoms with Gasteiger partial charge in [-0.25, -0.2) is 0 Å². The Morgan fingerprint density at radius 3 is 2.40 bits per heavy atom. The molecule has 2 aromatic carbocycles. The Morgan fingerprint density at radius 2 is 1.77 bits per heavy atom. The van der Waals surface area contributed by atoms with E-state index >= 15 is 0 Å². The predicted octanol–water partition coefficient (Wildman–Crippen LogP) is 5.25. The Bertz CT molecular complexity index is 1030. The summed E-state index contributed by atoms with van der Waals surface area (Å²) in [7, 11) is 0. The second kappa shape index (κ2) is 8.60. The highest BCUT2D eigenvalue weighted by Crippen LogP contribution is 2.43. The molecule has 2 aliphatic heterocycles. The summed E-state index contributed by atoms with van der Waals surface area (Å²) in [6.45, 7) is 0.845. The standard InChI is InChI=1S/C22H18Cl3NO4/c23-13-5-3-12(4-6-13)20(27)18-19(16-8-7-14(24)10-17(16)25)26(22(29)21(18)28)11-15-2-1-9-30-15/h3-8,10,15,19,27H,1-2,9,11H2/t15-,19+/m0/s1. The molecule has 2 aromatic rings. The minimum Gasteiger partial charge on any atom is -0.507 e. The number of aliphatic hydroxyl groups is 1. The van der Waals surface area contributed by atoms with E-state index in [0.29, 0.717) is 32.8 Å². The minimum atomic E-state index is -0.852. The number of Topliss-reactive ketones (excluding diaryl/α,β-unsaturated/α-hetero) is 1. The third kappa shape index (κ3) is 3.95. The number of halogens is 3. The summed E-state index contributed by atoms with van der Waals surface area (Å²) in [5.41, 5.74) is 0.864. The fourth-order valence-corrected chi connectivity index (χ4v) is 4.52. The van der Waals surface area contributed by atoms with E-state index in [1.807, 2.05) is 0 Å². The first-order valence-corrected chi connectivity index (χ1v) is 10.6. The van der Waals surface area contributed by atoms with Gasteiger partial charge in [-0.3, -0.25) is 9.59 Å². The van der Waals surface area contributed by atoms with Gasteiger partial charge in [-0.1, -0.05) is 40.9 Å². The zero-order chi connectivity index (χ0) is 21.4. The molecule has 5 nitrogen and oxygen atoms in total. The minimum absolute atomic E-state index is 0.0236. The first-order valence-electron chi connectivity index (χ1n) is 9.47. The number of amides is 1. The zero-order valence-corrected chi connectivity index (χ0v) is 18.0. The second-order valence-electron chi connectivity index (χ2n) is 7.26. The number of aliphatic hydroxyl groups excluding tert-OH is 1. The Balaban J connectivity index is 1.85. The molecule has 0 aliphatic carbocycles. The number of benzene rings is 2. The smallest absolute Gasteiger partial charge is 0.295 e. The number of nitrogens with zero attached hydrogens (tertiary/aromatic N) is 1. The molecule has 2 heterocycles. The van der Waals surface area contributed by atoms with Crippen LogP contribution < -0.4 is 0 Å². The molecule has 8 heteroatoms. The maximum absolute atomic E-state index is 13.0. The highest BCUT2D eigenvalue weighted by Gasteiger charge is 2.47. The van der Waals surface area contributed by atoms with Crippen LogP contribution in [0.4, 0.5) is 0 Å². The van der Waals surface area contributed by atoms with Gasteiger partial charge in [-0.05, 0) is 54.8 Å². The number of ketones is 1. The maximum atomic E-state index is 13.0. The molecule has 4 rings (SSSR count). The van der Waals surface area contributed by atoms with Crippen molar-refractivity contribution in [2.45, 2.75) is 25.0 Å². The van der Waals surface area contributed by atoms with Gasteiger partial charge in [-0.15, -0.1) is 0 Å². The summed E-state index contributed by atoms with van der Waals surface area (Å²) in [6, 6.07) is 10.4. The summed E-state index contributed by atoms with van der Waals surface area (Å²) >= 11 is 18.4. The molecular formula is C22H18Cl3NO4. The van der Waals surface area contributed by atoms with Crippen LogP contribution in [0.1, 0.15) is 30.0 Å². The Labute approximate surface area is 188 Å². The number of ether oxygens (including phenoxy) is 1. The van der Waals surface area contributed by atoms with Crippen molar-refractivity contribution < 1.29 is 19.4 Å². The summed E-state index contributed by atoms with van der Waals surface area (Å²) < 4.78 is 5.67. The number of hydrogen-bond donors (Lipinski definition) is 1. The summed E-state index contributed by atoms with van der Waals surface area (Å²) in [6.07, 6.45) is 1.51. The summed E-state index contributed by atoms with van der Waals surface area (Å²) in [5.74, 6) is -1.75. The highest BCUT2D eigenvalue weighted by atomic mass is 35.5. The molecule has 1 N–H and O–H groups in total. The molecule has 2 atom stereocenters. The normalized spacial score (nSPS) is 23.4. The molecule has 2 saturated heterocycles. The zero-order valence-electron chi connectivity index (χ0n) is 15.8. The molecular weight excluding hydrogens is 449 g/mol.